The van der Waals surface area contributed by atoms with Gasteiger partial charge in [-0.2, -0.15) is 0 Å². The number of para-hydroxylation sites is 1. The summed E-state index contributed by atoms with van der Waals surface area (Å²) in [7, 11) is 0. The third-order valence-corrected chi connectivity index (χ3v) is 5.01. The van der Waals surface area contributed by atoms with E-state index in [2.05, 4.69) is 11.8 Å². The Kier molecular flexibility index (Phi) is 2.92. The molecule has 0 spiro atoms. The fraction of sp³-hybridized carbons (Fsp3) is 0.200. The van der Waals surface area contributed by atoms with Gasteiger partial charge < -0.3 is 15.2 Å². The molecule has 0 radical (unpaired) electrons. The van der Waals surface area contributed by atoms with Crippen LogP contribution in [0.2, 0.25) is 0 Å². The summed E-state index contributed by atoms with van der Waals surface area (Å²) in [5.74, 6) is 0. The van der Waals surface area contributed by atoms with Crippen molar-refractivity contribution in [3.05, 3.63) is 42.0 Å². The summed E-state index contributed by atoms with van der Waals surface area (Å²) in [6, 6.07) is 11.7. The molecule has 2 N–H and O–H groups in total. The van der Waals surface area contributed by atoms with E-state index in [1.807, 2.05) is 43.3 Å². The van der Waals surface area contributed by atoms with Crippen molar-refractivity contribution in [2.45, 2.75) is 23.6 Å². The minimum Gasteiger partial charge on any atom is -0.606 e. The van der Waals surface area contributed by atoms with Crippen LogP contribution in [0.5, 0.6) is 0 Å². The quantitative estimate of drug-likeness (QED) is 0.640. The van der Waals surface area contributed by atoms with E-state index in [1.54, 1.807) is 0 Å². The highest BCUT2D eigenvalue weighted by molar-refractivity contribution is 7.92. The maximum atomic E-state index is 12.7. The third kappa shape index (κ3) is 1.71. The van der Waals surface area contributed by atoms with Gasteiger partial charge >= 0.3 is 0 Å². The van der Waals surface area contributed by atoms with E-state index in [0.717, 1.165) is 39.0 Å². The molecule has 98 valence electrons. The summed E-state index contributed by atoms with van der Waals surface area (Å²) in [6.45, 7) is 4.86. The van der Waals surface area contributed by atoms with Crippen LogP contribution in [0, 0.1) is 6.92 Å². The smallest absolute Gasteiger partial charge is 0.184 e. The first-order valence-corrected chi connectivity index (χ1v) is 7.47. The van der Waals surface area contributed by atoms with E-state index in [0.29, 0.717) is 0 Å². The molecular weight excluding hydrogens is 256 g/mol. The number of fused-ring (bicyclic) bond motifs is 2. The molecule has 0 aliphatic carbocycles. The molecule has 4 heteroatoms. The topological polar surface area (TPSA) is 52.3 Å². The second-order valence-electron chi connectivity index (χ2n) is 4.62. The van der Waals surface area contributed by atoms with Crippen molar-refractivity contribution < 1.29 is 4.55 Å². The van der Waals surface area contributed by atoms with E-state index >= 15 is 0 Å². The molecule has 1 atom stereocenters. The fourth-order valence-electron chi connectivity index (χ4n) is 2.52. The van der Waals surface area contributed by atoms with Gasteiger partial charge in [0.05, 0.1) is 11.4 Å². The number of anilines is 3. The molecule has 3 nitrogen and oxygen atoms in total. The van der Waals surface area contributed by atoms with Crippen LogP contribution in [0.1, 0.15) is 12.5 Å². The van der Waals surface area contributed by atoms with E-state index in [9.17, 15) is 4.55 Å². The average molecular weight is 272 g/mol. The Hall–Kier alpha value is -1.65. The molecule has 0 aromatic heterocycles. The monoisotopic (exact) mass is 272 g/mol. The maximum absolute atomic E-state index is 12.7. The van der Waals surface area contributed by atoms with Gasteiger partial charge in [-0.15, -0.1) is 0 Å². The van der Waals surface area contributed by atoms with Crippen molar-refractivity contribution in [2.75, 3.05) is 17.2 Å². The lowest BCUT2D eigenvalue weighted by Crippen LogP contribution is -2.27. The second-order valence-corrected chi connectivity index (χ2v) is 6.04. The van der Waals surface area contributed by atoms with Crippen molar-refractivity contribution in [3.8, 4) is 0 Å². The molecule has 1 aliphatic heterocycles. The molecule has 0 bridgehead atoms. The van der Waals surface area contributed by atoms with Crippen LogP contribution >= 0.6 is 0 Å². The second kappa shape index (κ2) is 4.47. The van der Waals surface area contributed by atoms with Crippen LogP contribution < -0.4 is 10.6 Å². The van der Waals surface area contributed by atoms with Gasteiger partial charge in [-0.1, -0.05) is 18.2 Å². The van der Waals surface area contributed by atoms with Crippen molar-refractivity contribution in [2.24, 2.45) is 0 Å². The lowest BCUT2D eigenvalue weighted by molar-refractivity contribution is 0.593. The Morgan fingerprint density at radius 1 is 1.16 bits per heavy atom. The molecule has 19 heavy (non-hydrogen) atoms. The number of rotatable bonds is 1. The van der Waals surface area contributed by atoms with E-state index in [1.165, 1.54) is 0 Å². The van der Waals surface area contributed by atoms with Gasteiger partial charge in [0.1, 0.15) is 5.69 Å². The van der Waals surface area contributed by atoms with Crippen molar-refractivity contribution in [3.63, 3.8) is 0 Å². The molecule has 1 heterocycles. The number of hydrogen-bond donors (Lipinski definition) is 1. The number of nitrogens with zero attached hydrogens (tertiary/aromatic N) is 1. The number of nitrogen functional groups attached to an aromatic ring is 1. The van der Waals surface area contributed by atoms with Crippen molar-refractivity contribution >= 4 is 28.2 Å². The molecule has 1 aliphatic rings. The molecule has 1 unspecified atom stereocenters. The minimum absolute atomic E-state index is 0.724. The first-order chi connectivity index (χ1) is 9.15. The largest absolute Gasteiger partial charge is 0.606 e. The van der Waals surface area contributed by atoms with Crippen molar-refractivity contribution in [1.82, 2.24) is 0 Å². The van der Waals surface area contributed by atoms with Crippen molar-refractivity contribution in [1.29, 1.82) is 0 Å². The lowest BCUT2D eigenvalue weighted by Gasteiger charge is -2.33. The fourth-order valence-corrected chi connectivity index (χ4v) is 3.92. The highest BCUT2D eigenvalue weighted by Gasteiger charge is 2.34. The number of aryl methyl sites for hydroxylation is 1. The molecule has 0 saturated heterocycles. The Labute approximate surface area is 116 Å². The molecular formula is C15H16N2OS. The highest BCUT2D eigenvalue weighted by atomic mass is 32.2. The van der Waals surface area contributed by atoms with Crippen LogP contribution in [0.4, 0.5) is 17.1 Å². The normalized spacial score (nSPS) is 17.0. The van der Waals surface area contributed by atoms with E-state index < -0.39 is 11.2 Å². The van der Waals surface area contributed by atoms with Gasteiger partial charge in [-0.3, -0.25) is 0 Å². The molecule has 0 saturated carbocycles. The van der Waals surface area contributed by atoms with Crippen LogP contribution in [0.15, 0.2) is 46.2 Å². The summed E-state index contributed by atoms with van der Waals surface area (Å²) < 4.78 is 12.7. The van der Waals surface area contributed by atoms with Gasteiger partial charge in [0.25, 0.3) is 0 Å². The summed E-state index contributed by atoms with van der Waals surface area (Å²) in [6.07, 6.45) is 0. The first kappa shape index (κ1) is 12.4. The molecule has 2 aromatic rings. The van der Waals surface area contributed by atoms with Gasteiger partial charge in [-0.05, 0) is 37.6 Å². The predicted molar refractivity (Wildman–Crippen MR) is 79.4 cm³/mol. The molecule has 2 aromatic carbocycles. The standard InChI is InChI=1S/C15H16N2OS/c1-3-17-11-6-4-5-7-12(11)19(18)13-9-8-10(2)14(16)15(13)17/h4-9H,3,16H2,1-2H3. The third-order valence-electron chi connectivity index (χ3n) is 3.54. The maximum Gasteiger partial charge on any atom is 0.184 e. The summed E-state index contributed by atoms with van der Waals surface area (Å²) in [4.78, 5) is 3.82. The first-order valence-electron chi connectivity index (χ1n) is 6.32. The van der Waals surface area contributed by atoms with Crippen LogP contribution in [0.3, 0.4) is 0 Å². The predicted octanol–water partition coefficient (Wildman–Crippen LogP) is 3.22. The molecule has 3 rings (SSSR count). The van der Waals surface area contributed by atoms with E-state index in [4.69, 9.17) is 5.73 Å². The Morgan fingerprint density at radius 2 is 1.89 bits per heavy atom. The summed E-state index contributed by atoms with van der Waals surface area (Å²) in [5.41, 5.74) is 9.85. The Morgan fingerprint density at radius 3 is 2.63 bits per heavy atom. The Bertz CT molecular complexity index is 642. The number of nitrogens with two attached hydrogens (primary N) is 1. The van der Waals surface area contributed by atoms with Crippen LogP contribution in [-0.4, -0.2) is 11.1 Å². The van der Waals surface area contributed by atoms with Crippen LogP contribution in [-0.2, 0) is 11.2 Å². The zero-order valence-corrected chi connectivity index (χ0v) is 11.8. The zero-order valence-electron chi connectivity index (χ0n) is 11.0. The molecule has 0 amide bonds. The van der Waals surface area contributed by atoms with Gasteiger partial charge in [0.15, 0.2) is 9.79 Å². The minimum atomic E-state index is -1.15. The highest BCUT2D eigenvalue weighted by Crippen LogP contribution is 2.47. The van der Waals surface area contributed by atoms with Gasteiger partial charge in [-0.25, -0.2) is 0 Å². The molecule has 0 fully saturated rings. The summed E-state index contributed by atoms with van der Waals surface area (Å²) in [5, 5.41) is 0. The summed E-state index contributed by atoms with van der Waals surface area (Å²) >= 11 is -1.15. The number of hydrogen-bond acceptors (Lipinski definition) is 3. The Balaban J connectivity index is 2.31. The lowest BCUT2D eigenvalue weighted by atomic mass is 10.1. The van der Waals surface area contributed by atoms with Gasteiger partial charge in [0.2, 0.25) is 0 Å². The average Bonchev–Trinajstić information content (AvgIpc) is 2.44. The van der Waals surface area contributed by atoms with Gasteiger partial charge in [0, 0.05) is 17.7 Å². The van der Waals surface area contributed by atoms with Crippen LogP contribution in [0.25, 0.3) is 0 Å². The number of benzene rings is 2. The van der Waals surface area contributed by atoms with E-state index in [-0.39, 0.29) is 0 Å². The zero-order chi connectivity index (χ0) is 13.6. The SMILES string of the molecule is CCN1c2ccccc2[S+]([O-])c2ccc(C)c(N)c21.